The van der Waals surface area contributed by atoms with Gasteiger partial charge in [-0.15, -0.1) is 0 Å². The molecule has 0 aliphatic carbocycles. The second-order valence-corrected chi connectivity index (χ2v) is 4.46. The summed E-state index contributed by atoms with van der Waals surface area (Å²) in [5.74, 6) is 0.206. The molecule has 104 valence electrons. The van der Waals surface area contributed by atoms with Crippen molar-refractivity contribution in [2.24, 2.45) is 0 Å². The maximum Gasteiger partial charge on any atom is 0.281 e. The molecule has 5 heteroatoms. The molecule has 0 amide bonds. The third kappa shape index (κ3) is 2.54. The van der Waals surface area contributed by atoms with E-state index in [0.717, 1.165) is 0 Å². The Kier molecular flexibility index (Phi) is 3.49. The first kappa shape index (κ1) is 13.1. The molecule has 21 heavy (non-hydrogen) atoms. The van der Waals surface area contributed by atoms with Gasteiger partial charge in [-0.05, 0) is 12.1 Å². The van der Waals surface area contributed by atoms with Crippen LogP contribution in [-0.4, -0.2) is 14.8 Å². The van der Waals surface area contributed by atoms with E-state index in [-0.39, 0.29) is 17.1 Å². The fraction of sp³-hybridized carbons (Fsp3) is 0. The Morgan fingerprint density at radius 1 is 0.952 bits per heavy atom. The van der Waals surface area contributed by atoms with E-state index < -0.39 is 0 Å². The Hall–Kier alpha value is -2.92. The Morgan fingerprint density at radius 2 is 1.57 bits per heavy atom. The van der Waals surface area contributed by atoms with E-state index in [2.05, 4.69) is 4.98 Å². The van der Waals surface area contributed by atoms with Crippen LogP contribution < -0.4 is 11.0 Å². The number of para-hydroxylation sites is 1. The monoisotopic (exact) mass is 279 g/mol. The lowest BCUT2D eigenvalue weighted by Gasteiger charge is -2.10. The van der Waals surface area contributed by atoms with Gasteiger partial charge in [0.05, 0.1) is 6.20 Å². The first-order valence-corrected chi connectivity index (χ1v) is 6.44. The average molecular weight is 279 g/mol. The van der Waals surface area contributed by atoms with Crippen molar-refractivity contribution in [3.63, 3.8) is 0 Å². The smallest absolute Gasteiger partial charge is 0.281 e. The minimum Gasteiger partial charge on any atom is -0.290 e. The molecule has 0 fully saturated rings. The van der Waals surface area contributed by atoms with E-state index in [4.69, 9.17) is 5.21 Å². The van der Waals surface area contributed by atoms with Gasteiger partial charge in [-0.3, -0.25) is 20.0 Å². The lowest BCUT2D eigenvalue weighted by molar-refractivity contribution is 0.385. The zero-order chi connectivity index (χ0) is 14.7. The molecule has 0 spiro atoms. The van der Waals surface area contributed by atoms with Crippen LogP contribution in [0.2, 0.25) is 0 Å². The number of aromatic nitrogens is 2. The topological polar surface area (TPSA) is 67.2 Å². The van der Waals surface area contributed by atoms with Gasteiger partial charge in [0.25, 0.3) is 5.56 Å². The van der Waals surface area contributed by atoms with Crippen molar-refractivity contribution in [1.82, 2.24) is 9.55 Å². The standard InChI is InChI=1S/C16H13N3O2/c20-16-15(12-7-3-1-4-8-12)17-14(18-21)11-19(16)13-9-5-2-6-10-13/h1-11,18,21H. The molecule has 0 atom stereocenters. The van der Waals surface area contributed by atoms with Gasteiger partial charge in [-0.2, -0.15) is 0 Å². The van der Waals surface area contributed by atoms with E-state index in [0.29, 0.717) is 11.3 Å². The van der Waals surface area contributed by atoms with Crippen LogP contribution in [0.5, 0.6) is 0 Å². The van der Waals surface area contributed by atoms with Gasteiger partial charge >= 0.3 is 0 Å². The van der Waals surface area contributed by atoms with E-state index in [1.807, 2.05) is 54.0 Å². The molecule has 0 aliphatic rings. The maximum absolute atomic E-state index is 12.6. The summed E-state index contributed by atoms with van der Waals surface area (Å²) in [4.78, 5) is 16.8. The van der Waals surface area contributed by atoms with Crippen LogP contribution in [-0.2, 0) is 0 Å². The first-order chi connectivity index (χ1) is 10.3. The second-order valence-electron chi connectivity index (χ2n) is 4.46. The van der Waals surface area contributed by atoms with Crippen molar-refractivity contribution >= 4 is 5.82 Å². The van der Waals surface area contributed by atoms with Crippen molar-refractivity contribution < 1.29 is 5.21 Å². The summed E-state index contributed by atoms with van der Waals surface area (Å²) in [6.45, 7) is 0. The first-order valence-electron chi connectivity index (χ1n) is 6.44. The highest BCUT2D eigenvalue weighted by molar-refractivity contribution is 5.60. The molecule has 1 heterocycles. The molecule has 0 aliphatic heterocycles. The van der Waals surface area contributed by atoms with Crippen molar-refractivity contribution in [3.8, 4) is 16.9 Å². The van der Waals surface area contributed by atoms with Crippen LogP contribution in [0.1, 0.15) is 0 Å². The number of nitrogens with one attached hydrogen (secondary N) is 1. The molecule has 0 saturated carbocycles. The minimum atomic E-state index is -0.244. The number of hydrogen-bond acceptors (Lipinski definition) is 4. The molecule has 3 aromatic rings. The molecular formula is C16H13N3O2. The van der Waals surface area contributed by atoms with Crippen molar-refractivity contribution in [2.75, 3.05) is 5.48 Å². The molecule has 3 rings (SSSR count). The van der Waals surface area contributed by atoms with Gasteiger partial charge in [-0.1, -0.05) is 48.5 Å². The molecule has 0 unspecified atom stereocenters. The van der Waals surface area contributed by atoms with Crippen LogP contribution in [0.25, 0.3) is 16.9 Å². The predicted octanol–water partition coefficient (Wildman–Crippen LogP) is 2.70. The van der Waals surface area contributed by atoms with Crippen LogP contribution in [0.3, 0.4) is 0 Å². The Labute approximate surface area is 121 Å². The number of benzene rings is 2. The zero-order valence-corrected chi connectivity index (χ0v) is 11.1. The summed E-state index contributed by atoms with van der Waals surface area (Å²) in [6.07, 6.45) is 1.46. The van der Waals surface area contributed by atoms with E-state index in [9.17, 15) is 4.79 Å². The van der Waals surface area contributed by atoms with E-state index in [1.54, 1.807) is 12.1 Å². The van der Waals surface area contributed by atoms with Crippen LogP contribution in [0.15, 0.2) is 71.7 Å². The van der Waals surface area contributed by atoms with Gasteiger partial charge in [0.2, 0.25) is 0 Å². The summed E-state index contributed by atoms with van der Waals surface area (Å²) in [5.41, 5.74) is 3.44. The van der Waals surface area contributed by atoms with Gasteiger partial charge in [0, 0.05) is 11.3 Å². The SMILES string of the molecule is O=c1c(-c2ccccc2)nc(NO)cn1-c1ccccc1. The van der Waals surface area contributed by atoms with Crippen molar-refractivity contribution in [1.29, 1.82) is 0 Å². The van der Waals surface area contributed by atoms with Gasteiger partial charge in [-0.25, -0.2) is 4.98 Å². The molecule has 0 saturated heterocycles. The van der Waals surface area contributed by atoms with Gasteiger partial charge in [0.15, 0.2) is 5.82 Å². The summed E-state index contributed by atoms with van der Waals surface area (Å²) >= 11 is 0. The highest BCUT2D eigenvalue weighted by atomic mass is 16.5. The fourth-order valence-electron chi connectivity index (χ4n) is 2.11. The van der Waals surface area contributed by atoms with Crippen molar-refractivity contribution in [3.05, 3.63) is 77.2 Å². The van der Waals surface area contributed by atoms with Crippen LogP contribution >= 0.6 is 0 Å². The number of nitrogens with zero attached hydrogens (tertiary/aromatic N) is 2. The molecular weight excluding hydrogens is 266 g/mol. The molecule has 0 radical (unpaired) electrons. The summed E-state index contributed by atoms with van der Waals surface area (Å²) in [6, 6.07) is 18.3. The lowest BCUT2D eigenvalue weighted by atomic mass is 10.1. The minimum absolute atomic E-state index is 0.206. The fourth-order valence-corrected chi connectivity index (χ4v) is 2.11. The summed E-state index contributed by atoms with van der Waals surface area (Å²) in [7, 11) is 0. The molecule has 0 bridgehead atoms. The molecule has 2 aromatic carbocycles. The molecule has 1 aromatic heterocycles. The van der Waals surface area contributed by atoms with Gasteiger partial charge in [0.1, 0.15) is 5.69 Å². The van der Waals surface area contributed by atoms with E-state index >= 15 is 0 Å². The highest BCUT2D eigenvalue weighted by Gasteiger charge is 2.11. The maximum atomic E-state index is 12.6. The Morgan fingerprint density at radius 3 is 2.19 bits per heavy atom. The zero-order valence-electron chi connectivity index (χ0n) is 11.1. The summed E-state index contributed by atoms with van der Waals surface area (Å²) in [5, 5.41) is 9.14. The third-order valence-corrected chi connectivity index (χ3v) is 3.10. The third-order valence-electron chi connectivity index (χ3n) is 3.10. The lowest BCUT2D eigenvalue weighted by Crippen LogP contribution is -2.22. The highest BCUT2D eigenvalue weighted by Crippen LogP contribution is 2.16. The van der Waals surface area contributed by atoms with Crippen LogP contribution in [0, 0.1) is 0 Å². The normalized spacial score (nSPS) is 10.3. The number of rotatable bonds is 3. The average Bonchev–Trinajstić information content (AvgIpc) is 2.57. The quantitative estimate of drug-likeness (QED) is 0.723. The Bertz CT molecular complexity index is 735. The number of hydrogen-bond donors (Lipinski definition) is 2. The summed E-state index contributed by atoms with van der Waals surface area (Å²) < 4.78 is 1.45. The molecule has 2 N–H and O–H groups in total. The predicted molar refractivity (Wildman–Crippen MR) is 80.7 cm³/mol. The van der Waals surface area contributed by atoms with Gasteiger partial charge < -0.3 is 0 Å². The van der Waals surface area contributed by atoms with Crippen LogP contribution in [0.4, 0.5) is 5.82 Å². The molecule has 5 nitrogen and oxygen atoms in total. The second kappa shape index (κ2) is 5.60. The largest absolute Gasteiger partial charge is 0.290 e. The van der Waals surface area contributed by atoms with Crippen molar-refractivity contribution in [2.45, 2.75) is 0 Å². The number of anilines is 1. The van der Waals surface area contributed by atoms with E-state index in [1.165, 1.54) is 10.8 Å². The Balaban J connectivity index is 2.25.